The van der Waals surface area contributed by atoms with Crippen molar-refractivity contribution in [3.05, 3.63) is 35.4 Å². The van der Waals surface area contributed by atoms with Crippen molar-refractivity contribution < 1.29 is 0 Å². The zero-order valence-electron chi connectivity index (χ0n) is 11.0. The van der Waals surface area contributed by atoms with Gasteiger partial charge in [0.15, 0.2) is 0 Å². The number of thioether (sulfide) groups is 1. The molecule has 1 fully saturated rings. The smallest absolute Gasteiger partial charge is 0.0545 e. The first-order valence-electron chi connectivity index (χ1n) is 6.61. The van der Waals surface area contributed by atoms with E-state index in [1.54, 1.807) is 0 Å². The zero-order chi connectivity index (χ0) is 12.8. The summed E-state index contributed by atoms with van der Waals surface area (Å²) in [6.45, 7) is 3.30. The Bertz CT molecular complexity index is 415. The molecule has 0 heterocycles. The molecule has 0 unspecified atom stereocenters. The van der Waals surface area contributed by atoms with Crippen LogP contribution >= 0.6 is 11.8 Å². The fourth-order valence-corrected chi connectivity index (χ4v) is 3.07. The summed E-state index contributed by atoms with van der Waals surface area (Å²) in [5, 5.41) is 3.61. The van der Waals surface area contributed by atoms with Gasteiger partial charge in [-0.25, -0.2) is 0 Å². The molecule has 1 aliphatic carbocycles. The Kier molecular flexibility index (Phi) is 5.16. The third-order valence-corrected chi connectivity index (χ3v) is 4.49. The standard InChI is InChI=1S/C16H21NS/c1-3-9-18-10-8-17-15-11-14(12-15)16-7-5-4-6-13(16)2/h1,4-7,14-15,17H,8-12H2,2H3. The molecule has 1 aromatic rings. The van der Waals surface area contributed by atoms with Crippen molar-refractivity contribution in [1.29, 1.82) is 0 Å². The van der Waals surface area contributed by atoms with Crippen molar-refractivity contribution >= 4 is 11.8 Å². The van der Waals surface area contributed by atoms with Gasteiger partial charge in [-0.1, -0.05) is 30.2 Å². The minimum Gasteiger partial charge on any atom is -0.313 e. The van der Waals surface area contributed by atoms with E-state index in [4.69, 9.17) is 6.42 Å². The normalized spacial score (nSPS) is 22.2. The van der Waals surface area contributed by atoms with Crippen LogP contribution in [0, 0.1) is 19.3 Å². The summed E-state index contributed by atoms with van der Waals surface area (Å²) in [4.78, 5) is 0. The van der Waals surface area contributed by atoms with E-state index in [0.29, 0.717) is 6.04 Å². The molecule has 1 aromatic carbocycles. The second-order valence-corrected chi connectivity index (χ2v) is 6.04. The van der Waals surface area contributed by atoms with Gasteiger partial charge in [-0.15, -0.1) is 18.2 Å². The monoisotopic (exact) mass is 259 g/mol. The lowest BCUT2D eigenvalue weighted by Crippen LogP contribution is -2.41. The highest BCUT2D eigenvalue weighted by Crippen LogP contribution is 2.38. The van der Waals surface area contributed by atoms with Gasteiger partial charge in [-0.3, -0.25) is 0 Å². The molecule has 18 heavy (non-hydrogen) atoms. The van der Waals surface area contributed by atoms with Crippen molar-refractivity contribution in [2.75, 3.05) is 18.1 Å². The molecule has 1 aliphatic rings. The van der Waals surface area contributed by atoms with Crippen molar-refractivity contribution in [2.45, 2.75) is 31.7 Å². The van der Waals surface area contributed by atoms with Crippen LogP contribution in [0.3, 0.4) is 0 Å². The molecule has 0 bridgehead atoms. The second kappa shape index (κ2) is 6.87. The highest BCUT2D eigenvalue weighted by atomic mass is 32.2. The highest BCUT2D eigenvalue weighted by Gasteiger charge is 2.30. The Morgan fingerprint density at radius 2 is 2.17 bits per heavy atom. The van der Waals surface area contributed by atoms with Crippen LogP contribution in [0.5, 0.6) is 0 Å². The van der Waals surface area contributed by atoms with Gasteiger partial charge in [0.2, 0.25) is 0 Å². The lowest BCUT2D eigenvalue weighted by molar-refractivity contribution is 0.296. The molecule has 0 saturated heterocycles. The molecule has 1 N–H and O–H groups in total. The second-order valence-electron chi connectivity index (χ2n) is 4.93. The summed E-state index contributed by atoms with van der Waals surface area (Å²) in [6, 6.07) is 9.47. The van der Waals surface area contributed by atoms with Crippen LogP contribution in [0.4, 0.5) is 0 Å². The topological polar surface area (TPSA) is 12.0 Å². The summed E-state index contributed by atoms with van der Waals surface area (Å²) >= 11 is 1.83. The minimum absolute atomic E-state index is 0.709. The lowest BCUT2D eigenvalue weighted by Gasteiger charge is -2.37. The van der Waals surface area contributed by atoms with Gasteiger partial charge >= 0.3 is 0 Å². The van der Waals surface area contributed by atoms with Crippen molar-refractivity contribution in [3.63, 3.8) is 0 Å². The van der Waals surface area contributed by atoms with Gasteiger partial charge in [0.25, 0.3) is 0 Å². The maximum absolute atomic E-state index is 5.21. The van der Waals surface area contributed by atoms with Crippen LogP contribution in [0.25, 0.3) is 0 Å². The van der Waals surface area contributed by atoms with E-state index in [2.05, 4.69) is 42.4 Å². The van der Waals surface area contributed by atoms with E-state index in [9.17, 15) is 0 Å². The third-order valence-electron chi connectivity index (χ3n) is 3.63. The van der Waals surface area contributed by atoms with Crippen molar-refractivity contribution in [1.82, 2.24) is 5.32 Å². The van der Waals surface area contributed by atoms with Gasteiger partial charge in [-0.05, 0) is 36.8 Å². The van der Waals surface area contributed by atoms with Crippen LogP contribution in [-0.4, -0.2) is 24.1 Å². The van der Waals surface area contributed by atoms with E-state index in [-0.39, 0.29) is 0 Å². The quantitative estimate of drug-likeness (QED) is 0.622. The summed E-state index contributed by atoms with van der Waals surface area (Å²) < 4.78 is 0. The molecule has 0 amide bonds. The van der Waals surface area contributed by atoms with Crippen LogP contribution in [-0.2, 0) is 0 Å². The fraction of sp³-hybridized carbons (Fsp3) is 0.500. The maximum Gasteiger partial charge on any atom is 0.0545 e. The first-order chi connectivity index (χ1) is 8.81. The Morgan fingerprint density at radius 1 is 1.39 bits per heavy atom. The van der Waals surface area contributed by atoms with Crippen LogP contribution < -0.4 is 5.32 Å². The maximum atomic E-state index is 5.21. The summed E-state index contributed by atoms with van der Waals surface area (Å²) in [5.41, 5.74) is 2.97. The molecule has 0 aromatic heterocycles. The Morgan fingerprint density at radius 3 is 2.89 bits per heavy atom. The predicted molar refractivity (Wildman–Crippen MR) is 81.1 cm³/mol. The van der Waals surface area contributed by atoms with E-state index < -0.39 is 0 Å². The predicted octanol–water partition coefficient (Wildman–Crippen LogP) is 3.20. The molecule has 1 saturated carbocycles. The molecular weight excluding hydrogens is 238 g/mol. The largest absolute Gasteiger partial charge is 0.313 e. The van der Waals surface area contributed by atoms with Gasteiger partial charge in [-0.2, -0.15) is 0 Å². The SMILES string of the molecule is C#CCSCCNC1CC(c2ccccc2C)C1. The Hall–Kier alpha value is -0.910. The Labute approximate surface area is 115 Å². The number of hydrogen-bond acceptors (Lipinski definition) is 2. The molecule has 2 rings (SSSR count). The minimum atomic E-state index is 0.709. The molecule has 96 valence electrons. The number of terminal acetylenes is 1. The van der Waals surface area contributed by atoms with E-state index in [1.807, 2.05) is 11.8 Å². The number of rotatable bonds is 6. The number of benzene rings is 1. The van der Waals surface area contributed by atoms with E-state index >= 15 is 0 Å². The highest BCUT2D eigenvalue weighted by molar-refractivity contribution is 7.99. The lowest BCUT2D eigenvalue weighted by atomic mass is 9.74. The molecule has 1 nitrogen and oxygen atoms in total. The van der Waals surface area contributed by atoms with Gasteiger partial charge < -0.3 is 5.32 Å². The fourth-order valence-electron chi connectivity index (χ4n) is 2.55. The average molecular weight is 259 g/mol. The molecule has 0 spiro atoms. The summed E-state index contributed by atoms with van der Waals surface area (Å²) in [7, 11) is 0. The number of hydrogen-bond donors (Lipinski definition) is 1. The number of aryl methyl sites for hydroxylation is 1. The zero-order valence-corrected chi connectivity index (χ0v) is 11.8. The molecule has 0 aliphatic heterocycles. The number of nitrogens with one attached hydrogen (secondary N) is 1. The van der Waals surface area contributed by atoms with E-state index in [1.165, 1.54) is 24.0 Å². The van der Waals surface area contributed by atoms with Crippen molar-refractivity contribution in [2.24, 2.45) is 0 Å². The molecule has 0 radical (unpaired) electrons. The summed E-state index contributed by atoms with van der Waals surface area (Å²) in [6.07, 6.45) is 7.78. The summed E-state index contributed by atoms with van der Waals surface area (Å²) in [5.74, 6) is 5.37. The first-order valence-corrected chi connectivity index (χ1v) is 7.77. The van der Waals surface area contributed by atoms with Crippen LogP contribution in [0.2, 0.25) is 0 Å². The molecular formula is C16H21NS. The van der Waals surface area contributed by atoms with Gasteiger partial charge in [0.1, 0.15) is 0 Å². The first kappa shape index (κ1) is 13.5. The van der Waals surface area contributed by atoms with Crippen molar-refractivity contribution in [3.8, 4) is 12.3 Å². The van der Waals surface area contributed by atoms with Gasteiger partial charge in [0.05, 0.1) is 5.75 Å². The van der Waals surface area contributed by atoms with Crippen LogP contribution in [0.15, 0.2) is 24.3 Å². The average Bonchev–Trinajstić information content (AvgIpc) is 2.33. The van der Waals surface area contributed by atoms with Crippen LogP contribution in [0.1, 0.15) is 29.9 Å². The third kappa shape index (κ3) is 3.54. The molecule has 0 atom stereocenters. The van der Waals surface area contributed by atoms with E-state index in [0.717, 1.165) is 24.0 Å². The Balaban J connectivity index is 1.65. The van der Waals surface area contributed by atoms with Gasteiger partial charge in [0, 0.05) is 18.3 Å². The molecule has 2 heteroatoms.